The predicted molar refractivity (Wildman–Crippen MR) is 40.7 cm³/mol. The van der Waals surface area contributed by atoms with Crippen molar-refractivity contribution in [1.82, 2.24) is 9.97 Å². The molecule has 4 heteroatoms. The maximum atomic E-state index is 12.4. The van der Waals surface area contributed by atoms with Crippen LogP contribution >= 0.6 is 0 Å². The fraction of sp³-hybridized carbons (Fsp3) is 0.143. The fourth-order valence-corrected chi connectivity index (χ4v) is 0.607. The first-order valence-electron chi connectivity index (χ1n) is 3.15. The molecule has 1 aromatic heterocycles. The van der Waals surface area contributed by atoms with Gasteiger partial charge in [0.2, 0.25) is 5.95 Å². The Morgan fingerprint density at radius 2 is 2.45 bits per heavy atom. The summed E-state index contributed by atoms with van der Waals surface area (Å²) in [7, 11) is 0. The molecule has 1 heterocycles. The van der Waals surface area contributed by atoms with E-state index in [0.717, 1.165) is 0 Å². The molecular formula is C7H8FN3. The lowest BCUT2D eigenvalue weighted by Gasteiger charge is -1.99. The zero-order valence-electron chi connectivity index (χ0n) is 5.92. The number of hydrogen-bond donors (Lipinski definition) is 1. The van der Waals surface area contributed by atoms with Crippen molar-refractivity contribution in [1.29, 1.82) is 0 Å². The second-order valence-corrected chi connectivity index (χ2v) is 1.90. The van der Waals surface area contributed by atoms with Crippen LogP contribution in [0, 0.1) is 5.95 Å². The highest BCUT2D eigenvalue weighted by Gasteiger charge is 1.93. The van der Waals surface area contributed by atoms with Crippen LogP contribution in [0.25, 0.3) is 0 Å². The van der Waals surface area contributed by atoms with Crippen molar-refractivity contribution >= 4 is 5.82 Å². The molecule has 0 saturated carbocycles. The highest BCUT2D eigenvalue weighted by Crippen LogP contribution is 2.00. The molecule has 0 bridgehead atoms. The summed E-state index contributed by atoms with van der Waals surface area (Å²) < 4.78 is 12.4. The summed E-state index contributed by atoms with van der Waals surface area (Å²) in [6.45, 7) is 4.06. The Morgan fingerprint density at radius 1 is 1.64 bits per heavy atom. The van der Waals surface area contributed by atoms with Crippen molar-refractivity contribution in [2.75, 3.05) is 11.9 Å². The van der Waals surface area contributed by atoms with Gasteiger partial charge in [-0.05, 0) is 0 Å². The van der Waals surface area contributed by atoms with Crippen LogP contribution in [-0.2, 0) is 0 Å². The van der Waals surface area contributed by atoms with Crippen molar-refractivity contribution in [3.63, 3.8) is 0 Å². The third-order valence-electron chi connectivity index (χ3n) is 1.06. The fourth-order valence-electron chi connectivity index (χ4n) is 0.607. The van der Waals surface area contributed by atoms with Crippen molar-refractivity contribution in [3.8, 4) is 0 Å². The molecule has 1 N–H and O–H groups in total. The molecule has 1 rings (SSSR count). The molecule has 0 fully saturated rings. The number of aromatic nitrogens is 2. The van der Waals surface area contributed by atoms with Gasteiger partial charge in [-0.25, -0.2) is 9.97 Å². The Labute approximate surface area is 64.0 Å². The Hall–Kier alpha value is -1.45. The summed E-state index contributed by atoms with van der Waals surface area (Å²) >= 11 is 0. The molecule has 0 aliphatic heterocycles. The minimum atomic E-state index is -0.536. The van der Waals surface area contributed by atoms with Gasteiger partial charge in [0.25, 0.3) is 0 Å². The van der Waals surface area contributed by atoms with Crippen LogP contribution < -0.4 is 5.32 Å². The first kappa shape index (κ1) is 7.65. The summed E-state index contributed by atoms with van der Waals surface area (Å²) in [6, 6.07) is 1.23. The summed E-state index contributed by atoms with van der Waals surface area (Å²) in [5, 5.41) is 2.83. The molecule has 0 amide bonds. The monoisotopic (exact) mass is 153 g/mol. The summed E-state index contributed by atoms with van der Waals surface area (Å²) in [5.41, 5.74) is 0. The van der Waals surface area contributed by atoms with Gasteiger partial charge in [-0.3, -0.25) is 0 Å². The van der Waals surface area contributed by atoms with Crippen LogP contribution in [0.3, 0.4) is 0 Å². The standard InChI is InChI=1S/C7H8FN3/c1-2-3-9-7-4-6(8)10-5-11-7/h2,4-5H,1,3H2,(H,9,10,11). The van der Waals surface area contributed by atoms with Gasteiger partial charge in [-0.15, -0.1) is 6.58 Å². The van der Waals surface area contributed by atoms with E-state index in [1.165, 1.54) is 12.4 Å². The van der Waals surface area contributed by atoms with Crippen LogP contribution in [0.4, 0.5) is 10.2 Å². The van der Waals surface area contributed by atoms with Crippen molar-refractivity contribution < 1.29 is 4.39 Å². The van der Waals surface area contributed by atoms with Crippen LogP contribution in [0.15, 0.2) is 25.0 Å². The average molecular weight is 153 g/mol. The predicted octanol–water partition coefficient (Wildman–Crippen LogP) is 1.21. The van der Waals surface area contributed by atoms with E-state index in [0.29, 0.717) is 12.4 Å². The maximum Gasteiger partial charge on any atom is 0.217 e. The van der Waals surface area contributed by atoms with Gasteiger partial charge in [-0.1, -0.05) is 6.08 Å². The Bertz CT molecular complexity index is 249. The van der Waals surface area contributed by atoms with Gasteiger partial charge in [0.15, 0.2) is 0 Å². The van der Waals surface area contributed by atoms with Crippen molar-refractivity contribution in [3.05, 3.63) is 31.0 Å². The van der Waals surface area contributed by atoms with Crippen LogP contribution in [0.1, 0.15) is 0 Å². The van der Waals surface area contributed by atoms with E-state index in [-0.39, 0.29) is 0 Å². The molecule has 0 unspecified atom stereocenters. The second-order valence-electron chi connectivity index (χ2n) is 1.90. The largest absolute Gasteiger partial charge is 0.366 e. The van der Waals surface area contributed by atoms with Crippen LogP contribution in [-0.4, -0.2) is 16.5 Å². The molecule has 58 valence electrons. The molecular weight excluding hydrogens is 145 g/mol. The first-order chi connectivity index (χ1) is 5.33. The molecule has 3 nitrogen and oxygen atoms in total. The molecule has 0 atom stereocenters. The van der Waals surface area contributed by atoms with Crippen LogP contribution in [0.2, 0.25) is 0 Å². The molecule has 0 spiro atoms. The van der Waals surface area contributed by atoms with E-state index >= 15 is 0 Å². The molecule has 0 saturated heterocycles. The summed E-state index contributed by atoms with van der Waals surface area (Å²) in [5.74, 6) is -0.0658. The smallest absolute Gasteiger partial charge is 0.217 e. The van der Waals surface area contributed by atoms with Gasteiger partial charge in [0.05, 0.1) is 0 Å². The molecule has 0 aliphatic rings. The third kappa shape index (κ3) is 2.33. The van der Waals surface area contributed by atoms with E-state index in [2.05, 4.69) is 21.9 Å². The topological polar surface area (TPSA) is 37.8 Å². The lowest BCUT2D eigenvalue weighted by atomic mass is 10.5. The van der Waals surface area contributed by atoms with Gasteiger partial charge in [0, 0.05) is 12.6 Å². The number of anilines is 1. The molecule has 0 radical (unpaired) electrons. The van der Waals surface area contributed by atoms with E-state index in [1.54, 1.807) is 6.08 Å². The van der Waals surface area contributed by atoms with E-state index in [9.17, 15) is 4.39 Å². The van der Waals surface area contributed by atoms with Gasteiger partial charge in [-0.2, -0.15) is 4.39 Å². The zero-order chi connectivity index (χ0) is 8.10. The maximum absolute atomic E-state index is 12.4. The lowest BCUT2D eigenvalue weighted by Crippen LogP contribution is -2.00. The number of rotatable bonds is 3. The first-order valence-corrected chi connectivity index (χ1v) is 3.15. The average Bonchev–Trinajstić information content (AvgIpc) is 2.01. The molecule has 0 aromatic carbocycles. The number of halogens is 1. The number of nitrogens with zero attached hydrogens (tertiary/aromatic N) is 2. The van der Waals surface area contributed by atoms with Crippen molar-refractivity contribution in [2.24, 2.45) is 0 Å². The highest BCUT2D eigenvalue weighted by atomic mass is 19.1. The lowest BCUT2D eigenvalue weighted by molar-refractivity contribution is 0.580. The Balaban J connectivity index is 2.63. The van der Waals surface area contributed by atoms with Gasteiger partial charge in [0.1, 0.15) is 12.1 Å². The Kier molecular flexibility index (Phi) is 2.54. The zero-order valence-corrected chi connectivity index (χ0v) is 5.92. The van der Waals surface area contributed by atoms with Crippen molar-refractivity contribution in [2.45, 2.75) is 0 Å². The van der Waals surface area contributed by atoms with Gasteiger partial charge < -0.3 is 5.32 Å². The molecule has 11 heavy (non-hydrogen) atoms. The molecule has 1 aromatic rings. The van der Waals surface area contributed by atoms with E-state index < -0.39 is 5.95 Å². The number of nitrogens with one attached hydrogen (secondary N) is 1. The van der Waals surface area contributed by atoms with Crippen LogP contribution in [0.5, 0.6) is 0 Å². The van der Waals surface area contributed by atoms with E-state index in [4.69, 9.17) is 0 Å². The van der Waals surface area contributed by atoms with E-state index in [1.807, 2.05) is 0 Å². The molecule has 0 aliphatic carbocycles. The normalized spacial score (nSPS) is 9.18. The highest BCUT2D eigenvalue weighted by molar-refractivity contribution is 5.32. The minimum Gasteiger partial charge on any atom is -0.366 e. The van der Waals surface area contributed by atoms with Gasteiger partial charge >= 0.3 is 0 Å². The quantitative estimate of drug-likeness (QED) is 0.524. The second kappa shape index (κ2) is 3.65. The SMILES string of the molecule is C=CCNc1cc(F)ncn1. The minimum absolute atomic E-state index is 0.470. The Morgan fingerprint density at radius 3 is 3.09 bits per heavy atom. The third-order valence-corrected chi connectivity index (χ3v) is 1.06. The summed E-state index contributed by atoms with van der Waals surface area (Å²) in [6.07, 6.45) is 2.83. The number of hydrogen-bond acceptors (Lipinski definition) is 3. The summed E-state index contributed by atoms with van der Waals surface area (Å²) in [4.78, 5) is 7.07.